The SMILES string of the molecule is CCC1(C(Cc2cccc(OC)c2F)NC)CCCC1. The van der Waals surface area contributed by atoms with Gasteiger partial charge in [-0.05, 0) is 49.8 Å². The zero-order valence-corrected chi connectivity index (χ0v) is 12.8. The van der Waals surface area contributed by atoms with Crippen LogP contribution < -0.4 is 10.1 Å². The lowest BCUT2D eigenvalue weighted by Gasteiger charge is -2.37. The van der Waals surface area contributed by atoms with E-state index in [0.29, 0.717) is 17.2 Å². The fraction of sp³-hybridized carbons (Fsp3) is 0.647. The Balaban J connectivity index is 2.22. The van der Waals surface area contributed by atoms with Gasteiger partial charge in [-0.25, -0.2) is 4.39 Å². The highest BCUT2D eigenvalue weighted by atomic mass is 19.1. The van der Waals surface area contributed by atoms with Crippen LogP contribution in [0.1, 0.15) is 44.6 Å². The van der Waals surface area contributed by atoms with Crippen molar-refractivity contribution in [3.8, 4) is 5.75 Å². The predicted molar refractivity (Wildman–Crippen MR) is 80.7 cm³/mol. The number of nitrogens with one attached hydrogen (secondary N) is 1. The zero-order valence-electron chi connectivity index (χ0n) is 12.8. The van der Waals surface area contributed by atoms with Crippen molar-refractivity contribution in [3.63, 3.8) is 0 Å². The van der Waals surface area contributed by atoms with Crippen LogP contribution in [0.2, 0.25) is 0 Å². The van der Waals surface area contributed by atoms with Crippen molar-refractivity contribution >= 4 is 0 Å². The molecule has 0 bridgehead atoms. The summed E-state index contributed by atoms with van der Waals surface area (Å²) in [4.78, 5) is 0. The van der Waals surface area contributed by atoms with Crippen LogP contribution in [0.5, 0.6) is 5.75 Å². The zero-order chi connectivity index (χ0) is 14.6. The van der Waals surface area contributed by atoms with Gasteiger partial charge in [0.2, 0.25) is 0 Å². The molecule has 1 aromatic carbocycles. The lowest BCUT2D eigenvalue weighted by Crippen LogP contribution is -2.43. The van der Waals surface area contributed by atoms with Gasteiger partial charge >= 0.3 is 0 Å². The van der Waals surface area contributed by atoms with Crippen molar-refractivity contribution in [2.45, 2.75) is 51.5 Å². The average Bonchev–Trinajstić information content (AvgIpc) is 2.96. The van der Waals surface area contributed by atoms with Crippen LogP contribution in [-0.4, -0.2) is 20.2 Å². The Labute approximate surface area is 121 Å². The standard InChI is InChI=1S/C17H26FNO/c1-4-17(10-5-6-11-17)15(19-2)12-13-8-7-9-14(20-3)16(13)18/h7-9,15,19H,4-6,10-12H2,1-3H3. The van der Waals surface area contributed by atoms with E-state index >= 15 is 0 Å². The molecule has 0 spiro atoms. The largest absolute Gasteiger partial charge is 0.494 e. The number of likely N-dealkylation sites (N-methyl/N-ethyl adjacent to an activating group) is 1. The first-order chi connectivity index (χ1) is 9.66. The lowest BCUT2D eigenvalue weighted by atomic mass is 9.74. The minimum atomic E-state index is -0.209. The fourth-order valence-electron chi connectivity index (χ4n) is 3.74. The third-order valence-electron chi connectivity index (χ3n) is 5.08. The summed E-state index contributed by atoms with van der Waals surface area (Å²) in [5, 5.41) is 3.44. The monoisotopic (exact) mass is 279 g/mol. The second-order valence-electron chi connectivity index (χ2n) is 5.90. The van der Waals surface area contributed by atoms with E-state index in [2.05, 4.69) is 12.2 Å². The van der Waals surface area contributed by atoms with Crippen LogP contribution in [0.15, 0.2) is 18.2 Å². The van der Waals surface area contributed by atoms with Gasteiger partial charge < -0.3 is 10.1 Å². The summed E-state index contributed by atoms with van der Waals surface area (Å²) in [6.07, 6.45) is 6.98. The van der Waals surface area contributed by atoms with E-state index < -0.39 is 0 Å². The van der Waals surface area contributed by atoms with Crippen LogP contribution in [0.3, 0.4) is 0 Å². The predicted octanol–water partition coefficient (Wildman–Crippen LogP) is 3.94. The molecule has 1 unspecified atom stereocenters. The maximum absolute atomic E-state index is 14.3. The Hall–Kier alpha value is -1.09. The van der Waals surface area contributed by atoms with Gasteiger partial charge in [0.1, 0.15) is 0 Å². The summed E-state index contributed by atoms with van der Waals surface area (Å²) < 4.78 is 19.4. The van der Waals surface area contributed by atoms with Crippen molar-refractivity contribution in [3.05, 3.63) is 29.6 Å². The van der Waals surface area contributed by atoms with Gasteiger partial charge in [0.25, 0.3) is 0 Å². The summed E-state index contributed by atoms with van der Waals surface area (Å²) in [5.74, 6) is 0.133. The van der Waals surface area contributed by atoms with Crippen LogP contribution >= 0.6 is 0 Å². The Morgan fingerprint density at radius 3 is 2.60 bits per heavy atom. The van der Waals surface area contributed by atoms with E-state index in [-0.39, 0.29) is 5.82 Å². The third kappa shape index (κ3) is 2.83. The molecule has 0 heterocycles. The minimum Gasteiger partial charge on any atom is -0.494 e. The van der Waals surface area contributed by atoms with Crippen molar-refractivity contribution < 1.29 is 9.13 Å². The molecule has 1 N–H and O–H groups in total. The maximum atomic E-state index is 14.3. The molecule has 2 nitrogen and oxygen atoms in total. The highest BCUT2D eigenvalue weighted by Gasteiger charge is 2.39. The number of hydrogen-bond donors (Lipinski definition) is 1. The fourth-order valence-corrected chi connectivity index (χ4v) is 3.74. The molecule has 3 heteroatoms. The summed E-state index contributed by atoms with van der Waals surface area (Å²) in [7, 11) is 3.51. The first kappa shape index (κ1) is 15.3. The average molecular weight is 279 g/mol. The summed E-state index contributed by atoms with van der Waals surface area (Å²) in [5.41, 5.74) is 1.08. The molecule has 1 aliphatic rings. The van der Waals surface area contributed by atoms with Gasteiger partial charge in [-0.2, -0.15) is 0 Å². The molecule has 0 aliphatic heterocycles. The van der Waals surface area contributed by atoms with Gasteiger partial charge in [0, 0.05) is 6.04 Å². The van der Waals surface area contributed by atoms with Crippen LogP contribution in [-0.2, 0) is 6.42 Å². The number of rotatable bonds is 6. The molecule has 1 aliphatic carbocycles. The molecule has 1 aromatic rings. The molecule has 20 heavy (non-hydrogen) atoms. The highest BCUT2D eigenvalue weighted by molar-refractivity contribution is 5.31. The van der Waals surface area contributed by atoms with E-state index in [9.17, 15) is 4.39 Å². The molecule has 1 atom stereocenters. The Kier molecular flexibility index (Phi) is 5.03. The molecule has 112 valence electrons. The smallest absolute Gasteiger partial charge is 0.168 e. The van der Waals surface area contributed by atoms with Gasteiger partial charge in [-0.15, -0.1) is 0 Å². The number of hydrogen-bond acceptors (Lipinski definition) is 2. The quantitative estimate of drug-likeness (QED) is 0.851. The van der Waals surface area contributed by atoms with Crippen LogP contribution in [0.4, 0.5) is 4.39 Å². The number of halogens is 1. The van der Waals surface area contributed by atoms with Crippen LogP contribution in [0, 0.1) is 11.2 Å². The Morgan fingerprint density at radius 2 is 2.05 bits per heavy atom. The molecule has 1 saturated carbocycles. The van der Waals surface area contributed by atoms with Gasteiger partial charge in [-0.3, -0.25) is 0 Å². The summed E-state index contributed by atoms with van der Waals surface area (Å²) in [6, 6.07) is 5.76. The van der Waals surface area contributed by atoms with E-state index in [1.165, 1.54) is 32.8 Å². The number of benzene rings is 1. The molecule has 0 amide bonds. The molecular formula is C17H26FNO. The van der Waals surface area contributed by atoms with Crippen LogP contribution in [0.25, 0.3) is 0 Å². The van der Waals surface area contributed by atoms with Crippen molar-refractivity contribution in [1.29, 1.82) is 0 Å². The van der Waals surface area contributed by atoms with E-state index in [1.54, 1.807) is 6.07 Å². The third-order valence-corrected chi connectivity index (χ3v) is 5.08. The molecule has 1 fully saturated rings. The molecule has 2 rings (SSSR count). The van der Waals surface area contributed by atoms with E-state index in [0.717, 1.165) is 18.4 Å². The minimum absolute atomic E-state index is 0.209. The Bertz CT molecular complexity index is 441. The second kappa shape index (κ2) is 6.57. The van der Waals surface area contributed by atoms with Crippen molar-refractivity contribution in [1.82, 2.24) is 5.32 Å². The number of ether oxygens (including phenoxy) is 1. The van der Waals surface area contributed by atoms with Crippen molar-refractivity contribution in [2.24, 2.45) is 5.41 Å². The van der Waals surface area contributed by atoms with Gasteiger partial charge in [0.15, 0.2) is 11.6 Å². The van der Waals surface area contributed by atoms with Gasteiger partial charge in [0.05, 0.1) is 7.11 Å². The summed E-state index contributed by atoms with van der Waals surface area (Å²) in [6.45, 7) is 2.26. The molecular weight excluding hydrogens is 253 g/mol. The first-order valence-corrected chi connectivity index (χ1v) is 7.65. The van der Waals surface area contributed by atoms with Crippen molar-refractivity contribution in [2.75, 3.05) is 14.2 Å². The first-order valence-electron chi connectivity index (χ1n) is 7.65. The normalized spacial score (nSPS) is 19.0. The molecule has 0 radical (unpaired) electrons. The topological polar surface area (TPSA) is 21.3 Å². The molecule has 0 aromatic heterocycles. The lowest BCUT2D eigenvalue weighted by molar-refractivity contribution is 0.191. The van der Waals surface area contributed by atoms with Gasteiger partial charge in [-0.1, -0.05) is 31.9 Å². The Morgan fingerprint density at radius 1 is 1.35 bits per heavy atom. The summed E-state index contributed by atoms with van der Waals surface area (Å²) >= 11 is 0. The maximum Gasteiger partial charge on any atom is 0.168 e. The number of methoxy groups -OCH3 is 1. The second-order valence-corrected chi connectivity index (χ2v) is 5.90. The van der Waals surface area contributed by atoms with E-state index in [4.69, 9.17) is 4.74 Å². The molecule has 0 saturated heterocycles. The van der Waals surface area contributed by atoms with E-state index in [1.807, 2.05) is 19.2 Å². The highest BCUT2D eigenvalue weighted by Crippen LogP contribution is 2.44.